The van der Waals surface area contributed by atoms with Crippen molar-refractivity contribution < 1.29 is 0 Å². The first-order valence-electron chi connectivity index (χ1n) is 6.28. The molecular weight excluding hydrogens is 244 g/mol. The van der Waals surface area contributed by atoms with Gasteiger partial charge in [-0.1, -0.05) is 6.07 Å². The molecule has 1 aromatic heterocycles. The number of hydrogen-bond acceptors (Lipinski definition) is 3. The molecule has 100 valence electrons. The van der Waals surface area contributed by atoms with Gasteiger partial charge in [-0.25, -0.2) is 0 Å². The Morgan fingerprint density at radius 2 is 2.28 bits per heavy atom. The van der Waals surface area contributed by atoms with Crippen molar-refractivity contribution in [1.29, 1.82) is 0 Å². The molecule has 0 aliphatic rings. The zero-order valence-electron chi connectivity index (χ0n) is 11.1. The Kier molecular flexibility index (Phi) is 8.04. The van der Waals surface area contributed by atoms with Crippen LogP contribution in [0, 0.1) is 0 Å². The maximum Gasteiger partial charge on any atom is 0.191 e. The lowest BCUT2D eigenvalue weighted by Gasteiger charge is -2.10. The van der Waals surface area contributed by atoms with Gasteiger partial charge in [0.25, 0.3) is 0 Å². The molecule has 0 aliphatic carbocycles. The van der Waals surface area contributed by atoms with Crippen molar-refractivity contribution in [2.75, 3.05) is 31.6 Å². The molecule has 0 amide bonds. The van der Waals surface area contributed by atoms with E-state index in [2.05, 4.69) is 33.8 Å². The van der Waals surface area contributed by atoms with E-state index in [-0.39, 0.29) is 0 Å². The summed E-state index contributed by atoms with van der Waals surface area (Å²) < 4.78 is 0. The zero-order chi connectivity index (χ0) is 13.1. The van der Waals surface area contributed by atoms with Crippen LogP contribution in [0.15, 0.2) is 29.4 Å². The molecule has 0 bridgehead atoms. The van der Waals surface area contributed by atoms with Crippen LogP contribution in [0.25, 0.3) is 0 Å². The summed E-state index contributed by atoms with van der Waals surface area (Å²) in [7, 11) is 0. The topological polar surface area (TPSA) is 49.3 Å². The summed E-state index contributed by atoms with van der Waals surface area (Å²) >= 11 is 1.81. The summed E-state index contributed by atoms with van der Waals surface area (Å²) in [6, 6.07) is 5.99. The smallest absolute Gasteiger partial charge is 0.191 e. The van der Waals surface area contributed by atoms with Gasteiger partial charge in [-0.15, -0.1) is 0 Å². The summed E-state index contributed by atoms with van der Waals surface area (Å²) in [4.78, 5) is 8.78. The minimum absolute atomic E-state index is 0.847. The van der Waals surface area contributed by atoms with Gasteiger partial charge in [0.05, 0.1) is 6.54 Å². The fourth-order valence-electron chi connectivity index (χ4n) is 1.45. The Labute approximate surface area is 114 Å². The van der Waals surface area contributed by atoms with Crippen molar-refractivity contribution in [3.05, 3.63) is 30.1 Å². The Hall–Kier alpha value is -1.23. The molecule has 0 atom stereocenters. The minimum Gasteiger partial charge on any atom is -0.357 e. The van der Waals surface area contributed by atoms with E-state index in [9.17, 15) is 0 Å². The predicted molar refractivity (Wildman–Crippen MR) is 80.3 cm³/mol. The lowest BCUT2D eigenvalue weighted by molar-refractivity contribution is 0.792. The summed E-state index contributed by atoms with van der Waals surface area (Å²) in [5, 5.41) is 6.55. The lowest BCUT2D eigenvalue weighted by Crippen LogP contribution is -2.38. The van der Waals surface area contributed by atoms with Gasteiger partial charge in [0.15, 0.2) is 5.96 Å². The third-order valence-corrected chi connectivity index (χ3v) is 2.90. The SMILES string of the molecule is CCNC(=NCCSC)NCCc1ccccn1. The summed E-state index contributed by atoms with van der Waals surface area (Å²) in [5.74, 6) is 1.94. The van der Waals surface area contributed by atoms with Crippen LogP contribution in [0.2, 0.25) is 0 Å². The molecule has 0 aromatic carbocycles. The van der Waals surface area contributed by atoms with Crippen LogP contribution in [0.1, 0.15) is 12.6 Å². The normalized spacial score (nSPS) is 11.3. The fourth-order valence-corrected chi connectivity index (χ4v) is 1.72. The van der Waals surface area contributed by atoms with E-state index in [4.69, 9.17) is 0 Å². The van der Waals surface area contributed by atoms with Gasteiger partial charge in [-0.2, -0.15) is 11.8 Å². The van der Waals surface area contributed by atoms with Crippen molar-refractivity contribution in [2.45, 2.75) is 13.3 Å². The van der Waals surface area contributed by atoms with Crippen LogP contribution in [0.4, 0.5) is 0 Å². The number of guanidine groups is 1. The van der Waals surface area contributed by atoms with Crippen LogP contribution in [0.3, 0.4) is 0 Å². The van der Waals surface area contributed by atoms with Crippen molar-refractivity contribution >= 4 is 17.7 Å². The monoisotopic (exact) mass is 266 g/mol. The van der Waals surface area contributed by atoms with Crippen molar-refractivity contribution in [2.24, 2.45) is 4.99 Å². The van der Waals surface area contributed by atoms with E-state index in [0.29, 0.717) is 0 Å². The maximum atomic E-state index is 4.49. The van der Waals surface area contributed by atoms with E-state index >= 15 is 0 Å². The largest absolute Gasteiger partial charge is 0.357 e. The molecule has 0 spiro atoms. The standard InChI is InChI=1S/C13H22N4S/c1-3-14-13(17-10-11-18-2)16-9-7-12-6-4-5-8-15-12/h4-6,8H,3,7,9-11H2,1-2H3,(H2,14,16,17). The molecule has 4 nitrogen and oxygen atoms in total. The zero-order valence-corrected chi connectivity index (χ0v) is 12.0. The van der Waals surface area contributed by atoms with E-state index < -0.39 is 0 Å². The van der Waals surface area contributed by atoms with E-state index in [1.54, 1.807) is 0 Å². The first kappa shape index (κ1) is 14.8. The molecule has 0 aliphatic heterocycles. The van der Waals surface area contributed by atoms with Gasteiger partial charge in [-0.3, -0.25) is 9.98 Å². The fraction of sp³-hybridized carbons (Fsp3) is 0.538. The highest BCUT2D eigenvalue weighted by molar-refractivity contribution is 7.98. The second kappa shape index (κ2) is 9.76. The molecule has 1 aromatic rings. The number of nitrogens with one attached hydrogen (secondary N) is 2. The van der Waals surface area contributed by atoms with Gasteiger partial charge in [0, 0.05) is 37.2 Å². The number of aliphatic imine (C=N–C) groups is 1. The highest BCUT2D eigenvalue weighted by Gasteiger charge is 1.97. The number of hydrogen-bond donors (Lipinski definition) is 2. The average molecular weight is 266 g/mol. The third-order valence-electron chi connectivity index (χ3n) is 2.31. The highest BCUT2D eigenvalue weighted by atomic mass is 32.2. The molecule has 0 saturated heterocycles. The van der Waals surface area contributed by atoms with E-state index in [1.165, 1.54) is 0 Å². The minimum atomic E-state index is 0.847. The molecule has 0 unspecified atom stereocenters. The molecular formula is C13H22N4S. The van der Waals surface area contributed by atoms with Crippen LogP contribution in [-0.2, 0) is 6.42 Å². The van der Waals surface area contributed by atoms with Crippen molar-refractivity contribution in [3.63, 3.8) is 0 Å². The first-order chi connectivity index (χ1) is 8.86. The summed E-state index contributed by atoms with van der Waals surface area (Å²) in [6.07, 6.45) is 4.83. The number of thioether (sulfide) groups is 1. The average Bonchev–Trinajstić information content (AvgIpc) is 2.40. The van der Waals surface area contributed by atoms with Gasteiger partial charge in [0.2, 0.25) is 0 Å². The molecule has 0 radical (unpaired) electrons. The molecule has 5 heteroatoms. The number of pyridine rings is 1. The summed E-state index contributed by atoms with van der Waals surface area (Å²) in [6.45, 7) is 4.65. The highest BCUT2D eigenvalue weighted by Crippen LogP contribution is 1.93. The van der Waals surface area contributed by atoms with Gasteiger partial charge >= 0.3 is 0 Å². The quantitative estimate of drug-likeness (QED) is 0.446. The molecule has 1 heterocycles. The number of rotatable bonds is 7. The van der Waals surface area contributed by atoms with Crippen molar-refractivity contribution in [3.8, 4) is 0 Å². The van der Waals surface area contributed by atoms with Gasteiger partial charge < -0.3 is 10.6 Å². The van der Waals surface area contributed by atoms with Gasteiger partial charge in [-0.05, 0) is 25.3 Å². The van der Waals surface area contributed by atoms with Crippen LogP contribution < -0.4 is 10.6 Å². The molecule has 2 N–H and O–H groups in total. The second-order valence-corrected chi connectivity index (χ2v) is 4.74. The second-order valence-electron chi connectivity index (χ2n) is 3.75. The summed E-state index contributed by atoms with van der Waals surface area (Å²) in [5.41, 5.74) is 1.10. The Morgan fingerprint density at radius 1 is 1.39 bits per heavy atom. The first-order valence-corrected chi connectivity index (χ1v) is 7.67. The predicted octanol–water partition coefficient (Wildman–Crippen LogP) is 1.54. The Bertz CT molecular complexity index is 340. The Morgan fingerprint density at radius 3 is 2.94 bits per heavy atom. The molecule has 0 fully saturated rings. The lowest BCUT2D eigenvalue weighted by atomic mass is 10.3. The molecule has 0 saturated carbocycles. The van der Waals surface area contributed by atoms with Crippen LogP contribution in [0.5, 0.6) is 0 Å². The number of nitrogens with zero attached hydrogens (tertiary/aromatic N) is 2. The van der Waals surface area contributed by atoms with E-state index in [0.717, 1.165) is 43.5 Å². The molecule has 1 rings (SSSR count). The Balaban J connectivity index is 2.31. The van der Waals surface area contributed by atoms with Crippen LogP contribution in [-0.4, -0.2) is 42.6 Å². The molecule has 18 heavy (non-hydrogen) atoms. The van der Waals surface area contributed by atoms with E-state index in [1.807, 2.05) is 36.2 Å². The number of aromatic nitrogens is 1. The van der Waals surface area contributed by atoms with Crippen LogP contribution >= 0.6 is 11.8 Å². The maximum absolute atomic E-state index is 4.49. The van der Waals surface area contributed by atoms with Gasteiger partial charge in [0.1, 0.15) is 0 Å². The van der Waals surface area contributed by atoms with Crippen molar-refractivity contribution in [1.82, 2.24) is 15.6 Å². The third kappa shape index (κ3) is 6.49.